The molecule has 0 aliphatic rings. The van der Waals surface area contributed by atoms with E-state index in [2.05, 4.69) is 20.9 Å². The second-order valence-corrected chi connectivity index (χ2v) is 5.76. The molecule has 118 valence electrons. The van der Waals surface area contributed by atoms with E-state index in [-0.39, 0.29) is 6.42 Å². The first kappa shape index (κ1) is 15.6. The molecule has 0 radical (unpaired) electrons. The molecule has 5 nitrogen and oxygen atoms in total. The molecule has 0 atom stereocenters. The molecule has 3 aromatic rings. The van der Waals surface area contributed by atoms with Gasteiger partial charge >= 0.3 is 5.97 Å². The van der Waals surface area contributed by atoms with E-state index in [1.165, 1.54) is 0 Å². The minimum Gasteiger partial charge on any atom is -0.493 e. The first-order valence-corrected chi connectivity index (χ1v) is 8.01. The summed E-state index contributed by atoms with van der Waals surface area (Å²) in [5.41, 5.74) is 2.73. The summed E-state index contributed by atoms with van der Waals surface area (Å²) in [5, 5.41) is 9.29. The summed E-state index contributed by atoms with van der Waals surface area (Å²) in [6, 6.07) is 13.1. The van der Waals surface area contributed by atoms with Gasteiger partial charge in [-0.15, -0.1) is 0 Å². The Balaban J connectivity index is 2.29. The van der Waals surface area contributed by atoms with Crippen LogP contribution in [0.5, 0.6) is 5.75 Å². The number of para-hydroxylation sites is 1. The number of hydrogen-bond donors (Lipinski definition) is 1. The summed E-state index contributed by atoms with van der Waals surface area (Å²) in [4.78, 5) is 16.0. The van der Waals surface area contributed by atoms with E-state index in [9.17, 15) is 9.90 Å². The molecule has 2 heterocycles. The zero-order chi connectivity index (χ0) is 16.4. The fraction of sp³-hybridized carbons (Fsp3) is 0.176. The Hall–Kier alpha value is -2.34. The van der Waals surface area contributed by atoms with E-state index in [1.54, 1.807) is 0 Å². The summed E-state index contributed by atoms with van der Waals surface area (Å²) < 4.78 is 8.24. The van der Waals surface area contributed by atoms with Crippen LogP contribution in [0.1, 0.15) is 12.6 Å². The van der Waals surface area contributed by atoms with Crippen LogP contribution in [-0.2, 0) is 11.2 Å². The number of carbonyl (C=O) groups is 1. The van der Waals surface area contributed by atoms with Crippen molar-refractivity contribution in [2.75, 3.05) is 6.61 Å². The number of aromatic nitrogens is 2. The molecule has 23 heavy (non-hydrogen) atoms. The van der Waals surface area contributed by atoms with Gasteiger partial charge in [0.2, 0.25) is 0 Å². The molecular weight excluding hydrogens is 360 g/mol. The Morgan fingerprint density at radius 2 is 2.04 bits per heavy atom. The largest absolute Gasteiger partial charge is 0.493 e. The topological polar surface area (TPSA) is 63.8 Å². The first-order chi connectivity index (χ1) is 11.1. The lowest BCUT2D eigenvalue weighted by Gasteiger charge is -2.10. The monoisotopic (exact) mass is 374 g/mol. The van der Waals surface area contributed by atoms with Gasteiger partial charge in [0.1, 0.15) is 11.4 Å². The molecule has 0 aliphatic carbocycles. The molecule has 1 aromatic carbocycles. The molecule has 2 aromatic heterocycles. The van der Waals surface area contributed by atoms with E-state index in [1.807, 2.05) is 53.8 Å². The molecule has 1 N–H and O–H groups in total. The Kier molecular flexibility index (Phi) is 4.34. The van der Waals surface area contributed by atoms with Crippen molar-refractivity contribution in [3.63, 3.8) is 0 Å². The van der Waals surface area contributed by atoms with Gasteiger partial charge in [0.15, 0.2) is 0 Å². The number of hydrogen-bond acceptors (Lipinski definition) is 3. The van der Waals surface area contributed by atoms with E-state index < -0.39 is 5.97 Å². The van der Waals surface area contributed by atoms with E-state index >= 15 is 0 Å². The normalized spacial score (nSPS) is 10.9. The van der Waals surface area contributed by atoms with Crippen molar-refractivity contribution in [3.05, 3.63) is 52.8 Å². The highest BCUT2D eigenvalue weighted by Crippen LogP contribution is 2.33. The van der Waals surface area contributed by atoms with Gasteiger partial charge in [-0.25, -0.2) is 4.98 Å². The predicted octanol–water partition coefficient (Wildman–Crippen LogP) is 3.79. The number of benzene rings is 1. The Labute approximate surface area is 141 Å². The molecule has 0 amide bonds. The van der Waals surface area contributed by atoms with E-state index in [0.717, 1.165) is 10.2 Å². The van der Waals surface area contributed by atoms with Gasteiger partial charge in [-0.05, 0) is 47.1 Å². The van der Waals surface area contributed by atoms with Gasteiger partial charge < -0.3 is 9.84 Å². The van der Waals surface area contributed by atoms with Crippen molar-refractivity contribution in [1.29, 1.82) is 0 Å². The lowest BCUT2D eigenvalue weighted by Crippen LogP contribution is -2.06. The van der Waals surface area contributed by atoms with Crippen LogP contribution in [0.25, 0.3) is 16.9 Å². The molecule has 0 aliphatic heterocycles. The average molecular weight is 375 g/mol. The third-order valence-electron chi connectivity index (χ3n) is 3.45. The maximum atomic E-state index is 11.3. The number of nitrogens with zero attached hydrogens (tertiary/aromatic N) is 2. The number of fused-ring (bicyclic) bond motifs is 1. The fourth-order valence-corrected chi connectivity index (χ4v) is 3.13. The zero-order valence-electron chi connectivity index (χ0n) is 12.5. The van der Waals surface area contributed by atoms with Crippen molar-refractivity contribution in [3.8, 4) is 17.0 Å². The third-order valence-corrected chi connectivity index (χ3v) is 4.07. The van der Waals surface area contributed by atoms with Crippen molar-refractivity contribution in [1.82, 2.24) is 9.38 Å². The smallest absolute Gasteiger partial charge is 0.309 e. The summed E-state index contributed by atoms with van der Waals surface area (Å²) in [7, 11) is 0. The predicted molar refractivity (Wildman–Crippen MR) is 90.8 cm³/mol. The SMILES string of the molecule is CCOc1ccccc1-c1nc2cccc(Br)n2c1CC(=O)O. The summed E-state index contributed by atoms with van der Waals surface area (Å²) in [5.74, 6) is -0.209. The van der Waals surface area contributed by atoms with Gasteiger partial charge in [-0.2, -0.15) is 0 Å². The minimum absolute atomic E-state index is 0.125. The maximum absolute atomic E-state index is 11.3. The van der Waals surface area contributed by atoms with Crippen LogP contribution in [0, 0.1) is 0 Å². The van der Waals surface area contributed by atoms with Crippen molar-refractivity contribution in [2.24, 2.45) is 0 Å². The van der Waals surface area contributed by atoms with Gasteiger partial charge in [0, 0.05) is 5.56 Å². The number of rotatable bonds is 5. The lowest BCUT2D eigenvalue weighted by atomic mass is 10.1. The van der Waals surface area contributed by atoms with Crippen LogP contribution >= 0.6 is 15.9 Å². The Morgan fingerprint density at radius 3 is 2.78 bits per heavy atom. The molecule has 3 rings (SSSR count). The highest BCUT2D eigenvalue weighted by atomic mass is 79.9. The molecule has 0 fully saturated rings. The number of pyridine rings is 1. The number of imidazole rings is 1. The summed E-state index contributed by atoms with van der Waals surface area (Å²) >= 11 is 3.47. The van der Waals surface area contributed by atoms with Crippen LogP contribution in [0.2, 0.25) is 0 Å². The van der Waals surface area contributed by atoms with Gasteiger partial charge in [0.05, 0.1) is 29.0 Å². The molecule has 0 saturated heterocycles. The summed E-state index contributed by atoms with van der Waals surface area (Å²) in [6.45, 7) is 2.44. The quantitative estimate of drug-likeness (QED) is 0.690. The zero-order valence-corrected chi connectivity index (χ0v) is 14.1. The average Bonchev–Trinajstić information content (AvgIpc) is 2.87. The molecule has 6 heteroatoms. The first-order valence-electron chi connectivity index (χ1n) is 7.21. The number of ether oxygens (including phenoxy) is 1. The number of halogens is 1. The number of carboxylic acids is 1. The Bertz CT molecular complexity index is 873. The second kappa shape index (κ2) is 6.42. The third kappa shape index (κ3) is 2.94. The lowest BCUT2D eigenvalue weighted by molar-refractivity contribution is -0.136. The van der Waals surface area contributed by atoms with Crippen molar-refractivity contribution < 1.29 is 14.6 Å². The molecule has 0 saturated carbocycles. The van der Waals surface area contributed by atoms with Gasteiger partial charge in [-0.3, -0.25) is 9.20 Å². The molecule has 0 unspecified atom stereocenters. The summed E-state index contributed by atoms with van der Waals surface area (Å²) in [6.07, 6.45) is -0.125. The van der Waals surface area contributed by atoms with Crippen LogP contribution < -0.4 is 4.74 Å². The van der Waals surface area contributed by atoms with Crippen LogP contribution in [-0.4, -0.2) is 27.1 Å². The second-order valence-electron chi connectivity index (χ2n) is 4.95. The van der Waals surface area contributed by atoms with Gasteiger partial charge in [-0.1, -0.05) is 18.2 Å². The number of carboxylic acid groups (broad SMARTS) is 1. The Morgan fingerprint density at radius 1 is 1.26 bits per heavy atom. The maximum Gasteiger partial charge on any atom is 0.309 e. The molecule has 0 spiro atoms. The van der Waals surface area contributed by atoms with Crippen molar-refractivity contribution >= 4 is 27.5 Å². The van der Waals surface area contributed by atoms with Crippen LogP contribution in [0.3, 0.4) is 0 Å². The van der Waals surface area contributed by atoms with Crippen LogP contribution in [0.15, 0.2) is 47.1 Å². The highest BCUT2D eigenvalue weighted by molar-refractivity contribution is 9.10. The van der Waals surface area contributed by atoms with Crippen molar-refractivity contribution in [2.45, 2.75) is 13.3 Å². The van der Waals surface area contributed by atoms with Gasteiger partial charge in [0.25, 0.3) is 0 Å². The molecule has 0 bridgehead atoms. The van der Waals surface area contributed by atoms with Crippen LogP contribution in [0.4, 0.5) is 0 Å². The van der Waals surface area contributed by atoms with E-state index in [4.69, 9.17) is 4.74 Å². The highest BCUT2D eigenvalue weighted by Gasteiger charge is 2.20. The molecular formula is C17H15BrN2O3. The minimum atomic E-state index is -0.905. The fourth-order valence-electron chi connectivity index (χ4n) is 2.58. The number of aliphatic carboxylic acids is 1. The standard InChI is InChI=1S/C17H15BrN2O3/c1-2-23-13-7-4-3-6-11(13)17-12(10-16(21)22)20-14(18)8-5-9-15(20)19-17/h3-9H,2,10H2,1H3,(H,21,22). The van der Waals surface area contributed by atoms with E-state index in [0.29, 0.717) is 29.4 Å².